The maximum absolute atomic E-state index is 12.5. The molecule has 0 saturated heterocycles. The molecule has 2 aromatic carbocycles. The lowest BCUT2D eigenvalue weighted by Crippen LogP contribution is -2.13. The lowest BCUT2D eigenvalue weighted by atomic mass is 10.0. The van der Waals surface area contributed by atoms with E-state index in [0.717, 1.165) is 16.9 Å². The zero-order valence-corrected chi connectivity index (χ0v) is 18.6. The van der Waals surface area contributed by atoms with Gasteiger partial charge in [-0.3, -0.25) is 4.79 Å². The van der Waals surface area contributed by atoms with Crippen molar-refractivity contribution in [2.24, 2.45) is 0 Å². The van der Waals surface area contributed by atoms with Crippen LogP contribution < -0.4 is 4.74 Å². The number of Topliss-reactive ketones (excluding diaryl/α,β-unsaturated/α-hetero) is 1. The first kappa shape index (κ1) is 21.6. The third-order valence-corrected chi connectivity index (χ3v) is 5.16. The lowest BCUT2D eigenvalue weighted by Gasteiger charge is -2.13. The average molecular weight is 451 g/mol. The number of hydrogen-bond acceptors (Lipinski definition) is 5. The predicted octanol–water partition coefficient (Wildman–Crippen LogP) is 6.41. The molecule has 0 saturated carbocycles. The molecule has 0 radical (unpaired) electrons. The topological polar surface area (TPSA) is 57.3 Å². The van der Waals surface area contributed by atoms with Gasteiger partial charge in [0, 0.05) is 10.6 Å². The molecule has 0 fully saturated rings. The van der Waals surface area contributed by atoms with Crippen molar-refractivity contribution in [2.75, 3.05) is 0 Å². The van der Waals surface area contributed by atoms with Crippen molar-refractivity contribution in [2.45, 2.75) is 39.8 Å². The Morgan fingerprint density at radius 2 is 2.00 bits per heavy atom. The molecule has 0 unspecified atom stereocenters. The second-order valence-electron chi connectivity index (χ2n) is 6.95. The van der Waals surface area contributed by atoms with Gasteiger partial charge in [-0.2, -0.15) is 0 Å². The second kappa shape index (κ2) is 9.11. The van der Waals surface area contributed by atoms with Gasteiger partial charge in [-0.1, -0.05) is 49.2 Å². The number of halogens is 2. The van der Waals surface area contributed by atoms with Crippen LogP contribution in [0.5, 0.6) is 5.75 Å². The van der Waals surface area contributed by atoms with Crippen LogP contribution in [0.3, 0.4) is 0 Å². The summed E-state index contributed by atoms with van der Waals surface area (Å²) in [4.78, 5) is 12.6. The fourth-order valence-corrected chi connectivity index (χ4v) is 3.54. The molecule has 3 rings (SSSR count). The molecule has 0 aliphatic rings. The molecule has 1 heterocycles. The van der Waals surface area contributed by atoms with E-state index in [9.17, 15) is 4.79 Å². The number of benzene rings is 2. The van der Waals surface area contributed by atoms with Gasteiger partial charge in [0.15, 0.2) is 12.4 Å². The molecule has 0 N–H and O–H groups in total. The quantitative estimate of drug-likeness (QED) is 0.307. The minimum atomic E-state index is -0.246. The molecule has 29 heavy (non-hydrogen) atoms. The van der Waals surface area contributed by atoms with Gasteiger partial charge < -0.3 is 9.15 Å². The summed E-state index contributed by atoms with van der Waals surface area (Å²) < 4.78 is 12.7. The van der Waals surface area contributed by atoms with Crippen LogP contribution in [-0.2, 0) is 13.2 Å². The second-order valence-corrected chi connectivity index (χ2v) is 8.14. The zero-order chi connectivity index (χ0) is 21.1. The van der Waals surface area contributed by atoms with Crippen molar-refractivity contribution in [1.29, 1.82) is 0 Å². The Morgan fingerprint density at radius 1 is 1.24 bits per heavy atom. The molecule has 8 heteroatoms. The van der Waals surface area contributed by atoms with Gasteiger partial charge in [0.2, 0.25) is 0 Å². The predicted molar refractivity (Wildman–Crippen MR) is 116 cm³/mol. The summed E-state index contributed by atoms with van der Waals surface area (Å²) in [7, 11) is 0. The van der Waals surface area contributed by atoms with Crippen molar-refractivity contribution in [3.05, 3.63) is 73.9 Å². The molecule has 1 aromatic heterocycles. The van der Waals surface area contributed by atoms with Crippen LogP contribution in [-0.4, -0.2) is 15.6 Å². The molecule has 0 amide bonds. The number of ketones is 1. The number of rotatable bonds is 7. The van der Waals surface area contributed by atoms with E-state index < -0.39 is 0 Å². The summed E-state index contributed by atoms with van der Waals surface area (Å²) in [5.74, 6) is 1.14. The van der Waals surface area contributed by atoms with E-state index in [0.29, 0.717) is 22.4 Å². The third-order valence-electron chi connectivity index (χ3n) is 4.32. The maximum Gasteiger partial charge on any atom is 0.287 e. The molecule has 0 bridgehead atoms. The van der Waals surface area contributed by atoms with Crippen molar-refractivity contribution < 1.29 is 13.9 Å². The van der Waals surface area contributed by atoms with Crippen LogP contribution in [0, 0.1) is 11.8 Å². The van der Waals surface area contributed by atoms with E-state index in [4.69, 9.17) is 44.6 Å². The highest BCUT2D eigenvalue weighted by atomic mass is 35.5. The summed E-state index contributed by atoms with van der Waals surface area (Å²) in [5, 5.41) is 5.00. The molecule has 0 atom stereocenters. The molecule has 5 nitrogen and oxygen atoms in total. The maximum atomic E-state index is 12.5. The van der Waals surface area contributed by atoms with Gasteiger partial charge in [0.1, 0.15) is 12.3 Å². The first-order chi connectivity index (χ1) is 13.7. The lowest BCUT2D eigenvalue weighted by molar-refractivity contribution is 0.0966. The fraction of sp³-hybridized carbons (Fsp3) is 0.286. The van der Waals surface area contributed by atoms with Crippen LogP contribution >= 0.6 is 35.4 Å². The third kappa shape index (κ3) is 5.26. The van der Waals surface area contributed by atoms with Gasteiger partial charge >= 0.3 is 0 Å². The van der Waals surface area contributed by atoms with Gasteiger partial charge in [-0.15, -0.1) is 5.10 Å². The molecule has 0 aliphatic carbocycles. The van der Waals surface area contributed by atoms with Crippen LogP contribution in [0.1, 0.15) is 47.1 Å². The van der Waals surface area contributed by atoms with E-state index in [1.165, 1.54) is 10.7 Å². The summed E-state index contributed by atoms with van der Waals surface area (Å²) in [6.07, 6.45) is 0. The van der Waals surface area contributed by atoms with E-state index in [1.54, 1.807) is 12.1 Å². The van der Waals surface area contributed by atoms with Gasteiger partial charge in [-0.05, 0) is 60.5 Å². The van der Waals surface area contributed by atoms with Crippen LogP contribution in [0.15, 0.2) is 40.8 Å². The van der Waals surface area contributed by atoms with Crippen molar-refractivity contribution in [3.63, 3.8) is 0 Å². The van der Waals surface area contributed by atoms with Crippen LogP contribution in [0.25, 0.3) is 0 Å². The summed E-state index contributed by atoms with van der Waals surface area (Å²) in [6, 6.07) is 10.8. The minimum absolute atomic E-state index is 0.0919. The smallest absolute Gasteiger partial charge is 0.287 e. The van der Waals surface area contributed by atoms with Gasteiger partial charge in [0.05, 0.1) is 5.02 Å². The monoisotopic (exact) mass is 450 g/mol. The van der Waals surface area contributed by atoms with E-state index in [-0.39, 0.29) is 28.8 Å². The van der Waals surface area contributed by atoms with Crippen molar-refractivity contribution in [3.8, 4) is 5.75 Å². The van der Waals surface area contributed by atoms with Crippen LogP contribution in [0.2, 0.25) is 10.0 Å². The highest BCUT2D eigenvalue weighted by molar-refractivity contribution is 7.71. The van der Waals surface area contributed by atoms with Crippen LogP contribution in [0.4, 0.5) is 0 Å². The molecular formula is C21H20Cl2N2O3S. The Morgan fingerprint density at radius 3 is 2.69 bits per heavy atom. The zero-order valence-electron chi connectivity index (χ0n) is 16.2. The van der Waals surface area contributed by atoms with Crippen molar-refractivity contribution >= 4 is 41.2 Å². The Kier molecular flexibility index (Phi) is 6.77. The summed E-state index contributed by atoms with van der Waals surface area (Å²) in [6.45, 7) is 6.23. The summed E-state index contributed by atoms with van der Waals surface area (Å²) >= 11 is 17.2. The highest BCUT2D eigenvalue weighted by Crippen LogP contribution is 2.28. The Labute approximate surface area is 184 Å². The molecule has 3 aromatic rings. The largest absolute Gasteiger partial charge is 0.484 e. The molecule has 0 aliphatic heterocycles. The molecular weight excluding hydrogens is 431 g/mol. The fourth-order valence-electron chi connectivity index (χ4n) is 2.83. The first-order valence-corrected chi connectivity index (χ1v) is 10.2. The normalized spacial score (nSPS) is 11.1. The number of carbonyl (C=O) groups is 1. The van der Waals surface area contributed by atoms with Gasteiger partial charge in [-0.25, -0.2) is 4.68 Å². The number of hydrogen-bond donors (Lipinski definition) is 0. The molecule has 152 valence electrons. The highest BCUT2D eigenvalue weighted by Gasteiger charge is 2.16. The standard InChI is InChI=1S/C21H20Cl2N2O3S/c1-12(2)15-6-4-13(3)8-19(15)27-11-20-24-25(21(29)28-20)10-18(26)16-7-5-14(22)9-17(16)23/h4-9,12H,10-11H2,1-3H3. The van der Waals surface area contributed by atoms with Gasteiger partial charge in [0.25, 0.3) is 10.7 Å². The minimum Gasteiger partial charge on any atom is -0.484 e. The number of aryl methyl sites for hydroxylation is 1. The van der Waals surface area contributed by atoms with E-state index >= 15 is 0 Å². The summed E-state index contributed by atoms with van der Waals surface area (Å²) in [5.41, 5.74) is 2.54. The van der Waals surface area contributed by atoms with E-state index in [1.807, 2.05) is 13.0 Å². The average Bonchev–Trinajstić information content (AvgIpc) is 2.99. The Balaban J connectivity index is 1.73. The number of ether oxygens (including phenoxy) is 1. The Bertz CT molecular complexity index is 1110. The SMILES string of the molecule is Cc1ccc(C(C)C)c(OCc2nn(CC(=O)c3ccc(Cl)cc3Cl)c(=S)o2)c1. The first-order valence-electron chi connectivity index (χ1n) is 9.03. The molecule has 0 spiro atoms. The number of carbonyl (C=O) groups excluding carboxylic acids is 1. The van der Waals surface area contributed by atoms with Crippen molar-refractivity contribution in [1.82, 2.24) is 9.78 Å². The van der Waals surface area contributed by atoms with E-state index in [2.05, 4.69) is 31.1 Å². The number of nitrogens with zero attached hydrogens (tertiary/aromatic N) is 2. The number of aromatic nitrogens is 2. The Hall–Kier alpha value is -2.15.